The van der Waals surface area contributed by atoms with Gasteiger partial charge in [-0.05, 0) is 39.9 Å². The Kier molecular flexibility index (Phi) is 3.84. The van der Waals surface area contributed by atoms with Gasteiger partial charge >= 0.3 is 0 Å². The minimum absolute atomic E-state index is 0.119. The van der Waals surface area contributed by atoms with E-state index in [0.29, 0.717) is 0 Å². The maximum Gasteiger partial charge on any atom is 0.0729 e. The predicted octanol–water partition coefficient (Wildman–Crippen LogP) is 5.23. The first-order valence-corrected chi connectivity index (χ1v) is 6.41. The van der Waals surface area contributed by atoms with Crippen LogP contribution in [0, 0.1) is 5.41 Å². The van der Waals surface area contributed by atoms with Gasteiger partial charge in [0.15, 0.2) is 0 Å². The molecule has 0 aliphatic carbocycles. The minimum Gasteiger partial charge on any atom is -0.132 e. The summed E-state index contributed by atoms with van der Waals surface area (Å²) in [6.45, 7) is 6.59. The van der Waals surface area contributed by atoms with Gasteiger partial charge in [0, 0.05) is 4.88 Å². The van der Waals surface area contributed by atoms with Gasteiger partial charge in [-0.25, -0.2) is 0 Å². The maximum absolute atomic E-state index is 6.40. The predicted molar refractivity (Wildman–Crippen MR) is 64.7 cm³/mol. The van der Waals surface area contributed by atoms with Crippen LogP contribution >= 0.6 is 38.9 Å². The lowest BCUT2D eigenvalue weighted by atomic mass is 9.85. The van der Waals surface area contributed by atoms with Crippen molar-refractivity contribution in [3.63, 3.8) is 0 Å². The zero-order valence-electron chi connectivity index (χ0n) is 8.10. The molecule has 0 amide bonds. The van der Waals surface area contributed by atoms with Gasteiger partial charge in [0.25, 0.3) is 0 Å². The third-order valence-electron chi connectivity index (χ3n) is 2.44. The van der Waals surface area contributed by atoms with Crippen LogP contribution in [0.3, 0.4) is 0 Å². The molecule has 1 heterocycles. The summed E-state index contributed by atoms with van der Waals surface area (Å²) in [7, 11) is 0. The van der Waals surface area contributed by atoms with E-state index in [4.69, 9.17) is 11.6 Å². The largest absolute Gasteiger partial charge is 0.132 e. The van der Waals surface area contributed by atoms with E-state index in [1.54, 1.807) is 11.3 Å². The van der Waals surface area contributed by atoms with Crippen LogP contribution in [0.25, 0.3) is 0 Å². The summed E-state index contributed by atoms with van der Waals surface area (Å²) in [5, 5.41) is 0.119. The average molecular weight is 282 g/mol. The minimum atomic E-state index is 0.119. The fourth-order valence-corrected chi connectivity index (χ4v) is 3.00. The molecule has 1 atom stereocenters. The average Bonchev–Trinajstić information content (AvgIpc) is 2.50. The van der Waals surface area contributed by atoms with Crippen molar-refractivity contribution in [1.82, 2.24) is 0 Å². The van der Waals surface area contributed by atoms with Crippen molar-refractivity contribution >= 4 is 38.9 Å². The Bertz CT molecular complexity index is 280. The van der Waals surface area contributed by atoms with E-state index in [-0.39, 0.29) is 10.8 Å². The van der Waals surface area contributed by atoms with Gasteiger partial charge in [0.1, 0.15) is 0 Å². The Hall–Kier alpha value is 0.470. The Morgan fingerprint density at radius 1 is 1.54 bits per heavy atom. The molecule has 1 unspecified atom stereocenters. The van der Waals surface area contributed by atoms with Crippen LogP contribution in [0.2, 0.25) is 0 Å². The van der Waals surface area contributed by atoms with E-state index in [2.05, 4.69) is 48.8 Å². The normalized spacial score (nSPS) is 14.5. The molecule has 0 aliphatic rings. The molecule has 1 aromatic rings. The van der Waals surface area contributed by atoms with E-state index >= 15 is 0 Å². The number of alkyl halides is 1. The van der Waals surface area contributed by atoms with E-state index in [0.717, 1.165) is 10.2 Å². The van der Waals surface area contributed by atoms with Gasteiger partial charge in [-0.2, -0.15) is 0 Å². The molecular formula is C10H14BrClS. The summed E-state index contributed by atoms with van der Waals surface area (Å²) in [6.07, 6.45) is 1.09. The second-order valence-corrected chi connectivity index (χ2v) is 6.78. The number of rotatable bonds is 3. The molecule has 74 valence electrons. The molecule has 0 saturated heterocycles. The zero-order valence-corrected chi connectivity index (χ0v) is 11.3. The number of halogens is 2. The SMILES string of the molecule is CCC(C)(C)C(Cl)c1ccc(Br)s1. The molecule has 0 bridgehead atoms. The van der Waals surface area contributed by atoms with Crippen LogP contribution in [0.1, 0.15) is 37.4 Å². The highest BCUT2D eigenvalue weighted by Crippen LogP contribution is 2.44. The van der Waals surface area contributed by atoms with Gasteiger partial charge in [-0.15, -0.1) is 22.9 Å². The molecule has 1 rings (SSSR count). The number of thiophene rings is 1. The zero-order chi connectivity index (χ0) is 10.1. The third-order valence-corrected chi connectivity index (χ3v) is 5.08. The van der Waals surface area contributed by atoms with Gasteiger partial charge < -0.3 is 0 Å². The summed E-state index contributed by atoms with van der Waals surface area (Å²) in [5.41, 5.74) is 0.172. The highest BCUT2D eigenvalue weighted by molar-refractivity contribution is 9.11. The first kappa shape index (κ1) is 11.5. The van der Waals surface area contributed by atoms with E-state index in [1.165, 1.54) is 4.88 Å². The van der Waals surface area contributed by atoms with Crippen LogP contribution in [0.4, 0.5) is 0 Å². The fourth-order valence-electron chi connectivity index (χ4n) is 1.03. The number of hydrogen-bond acceptors (Lipinski definition) is 1. The van der Waals surface area contributed by atoms with E-state index in [9.17, 15) is 0 Å². The van der Waals surface area contributed by atoms with Crippen LogP contribution in [-0.2, 0) is 0 Å². The van der Waals surface area contributed by atoms with Crippen molar-refractivity contribution in [2.45, 2.75) is 32.6 Å². The van der Waals surface area contributed by atoms with E-state index < -0.39 is 0 Å². The standard InChI is InChI=1S/C10H14BrClS/c1-4-10(2,3)9(12)7-5-6-8(11)13-7/h5-6,9H,4H2,1-3H3. The second kappa shape index (κ2) is 4.33. The van der Waals surface area contributed by atoms with Crippen LogP contribution in [-0.4, -0.2) is 0 Å². The molecule has 0 nitrogen and oxygen atoms in total. The van der Waals surface area contributed by atoms with Gasteiger partial charge in [0.05, 0.1) is 9.16 Å². The summed E-state index contributed by atoms with van der Waals surface area (Å²) in [4.78, 5) is 1.25. The first-order chi connectivity index (χ1) is 5.97. The third kappa shape index (κ3) is 2.71. The highest BCUT2D eigenvalue weighted by atomic mass is 79.9. The van der Waals surface area contributed by atoms with Crippen molar-refractivity contribution in [1.29, 1.82) is 0 Å². The molecule has 0 N–H and O–H groups in total. The molecule has 0 radical (unpaired) electrons. The molecular weight excluding hydrogens is 268 g/mol. The molecule has 0 spiro atoms. The Labute approximate surface area is 97.4 Å². The van der Waals surface area contributed by atoms with Crippen LogP contribution in [0.5, 0.6) is 0 Å². The fraction of sp³-hybridized carbons (Fsp3) is 0.600. The van der Waals surface area contributed by atoms with Crippen molar-refractivity contribution in [3.05, 3.63) is 20.8 Å². The summed E-state index contributed by atoms with van der Waals surface area (Å²) >= 11 is 11.6. The Morgan fingerprint density at radius 2 is 2.15 bits per heavy atom. The summed E-state index contributed by atoms with van der Waals surface area (Å²) in [5.74, 6) is 0. The molecule has 1 aromatic heterocycles. The Balaban J connectivity index is 2.84. The lowest BCUT2D eigenvalue weighted by molar-refractivity contribution is 0.339. The van der Waals surface area contributed by atoms with Crippen molar-refractivity contribution in [2.75, 3.05) is 0 Å². The molecule has 0 aliphatic heterocycles. The van der Waals surface area contributed by atoms with Crippen molar-refractivity contribution in [3.8, 4) is 0 Å². The van der Waals surface area contributed by atoms with Crippen molar-refractivity contribution < 1.29 is 0 Å². The summed E-state index contributed by atoms with van der Waals surface area (Å²) in [6, 6.07) is 4.16. The first-order valence-electron chi connectivity index (χ1n) is 4.36. The Morgan fingerprint density at radius 3 is 2.54 bits per heavy atom. The second-order valence-electron chi connectivity index (χ2n) is 3.85. The molecule has 3 heteroatoms. The lowest BCUT2D eigenvalue weighted by Gasteiger charge is -2.27. The quantitative estimate of drug-likeness (QED) is 0.666. The smallest absolute Gasteiger partial charge is 0.0729 e. The molecule has 0 saturated carbocycles. The lowest BCUT2D eigenvalue weighted by Crippen LogP contribution is -2.15. The molecule has 0 aromatic carbocycles. The topological polar surface area (TPSA) is 0 Å². The van der Waals surface area contributed by atoms with Gasteiger partial charge in [-0.1, -0.05) is 20.8 Å². The van der Waals surface area contributed by atoms with Gasteiger partial charge in [-0.3, -0.25) is 0 Å². The summed E-state index contributed by atoms with van der Waals surface area (Å²) < 4.78 is 1.15. The van der Waals surface area contributed by atoms with Crippen LogP contribution < -0.4 is 0 Å². The van der Waals surface area contributed by atoms with Gasteiger partial charge in [0.2, 0.25) is 0 Å². The van der Waals surface area contributed by atoms with E-state index in [1.807, 2.05) is 0 Å². The van der Waals surface area contributed by atoms with Crippen molar-refractivity contribution in [2.24, 2.45) is 5.41 Å². The maximum atomic E-state index is 6.40. The monoisotopic (exact) mass is 280 g/mol. The number of hydrogen-bond donors (Lipinski definition) is 0. The molecule has 0 fully saturated rings. The molecule has 13 heavy (non-hydrogen) atoms. The van der Waals surface area contributed by atoms with Crippen LogP contribution in [0.15, 0.2) is 15.9 Å². The highest BCUT2D eigenvalue weighted by Gasteiger charge is 2.28.